The zero-order chi connectivity index (χ0) is 6.57. The highest BCUT2D eigenvalue weighted by molar-refractivity contribution is 8.13. The van der Waals surface area contributed by atoms with E-state index >= 15 is 0 Å². The average molecular weight is 135 g/mol. The second-order valence-corrected chi connectivity index (χ2v) is 2.12. The number of carbonyl (C=O) groups is 1. The number of rotatable bonds is 2. The largest absolute Gasteiger partial charge is 0.394 e. The fourth-order valence-electron chi connectivity index (χ4n) is 0.226. The number of hydrogen-bond donors (Lipinski definition) is 2. The molecule has 0 fully saturated rings. The van der Waals surface area contributed by atoms with Crippen LogP contribution in [0.15, 0.2) is 0 Å². The lowest BCUT2D eigenvalue weighted by atomic mass is 10.4. The predicted octanol–water partition coefficient (Wildman–Crippen LogP) is -0.804. The topological polar surface area (TPSA) is 63.3 Å². The number of carbonyl (C=O) groups excluding carboxylic acids is 1. The van der Waals surface area contributed by atoms with Gasteiger partial charge < -0.3 is 10.8 Å². The van der Waals surface area contributed by atoms with Gasteiger partial charge in [-0.3, -0.25) is 4.79 Å². The minimum atomic E-state index is -0.704. The van der Waals surface area contributed by atoms with Crippen LogP contribution in [0.2, 0.25) is 0 Å². The van der Waals surface area contributed by atoms with Gasteiger partial charge in [0.2, 0.25) is 5.12 Å². The van der Waals surface area contributed by atoms with Crippen LogP contribution >= 0.6 is 11.8 Å². The molecular formula is C4H9NO2S. The summed E-state index contributed by atoms with van der Waals surface area (Å²) < 4.78 is 0. The third-order valence-electron chi connectivity index (χ3n) is 0.701. The monoisotopic (exact) mass is 135 g/mol. The molecule has 0 radical (unpaired) electrons. The van der Waals surface area contributed by atoms with E-state index in [1.807, 2.05) is 0 Å². The van der Waals surface area contributed by atoms with Gasteiger partial charge in [-0.2, -0.15) is 0 Å². The first-order valence-corrected chi connectivity index (χ1v) is 3.39. The molecule has 0 saturated carbocycles. The molecule has 1 atom stereocenters. The molecule has 0 aliphatic rings. The average Bonchev–Trinajstić information content (AvgIpc) is 1.84. The molecule has 0 aliphatic heterocycles. The van der Waals surface area contributed by atoms with Gasteiger partial charge in [0.15, 0.2) is 0 Å². The lowest BCUT2D eigenvalue weighted by Crippen LogP contribution is -2.31. The first-order chi connectivity index (χ1) is 3.72. The summed E-state index contributed by atoms with van der Waals surface area (Å²) in [6.07, 6.45) is 1.64. The zero-order valence-electron chi connectivity index (χ0n) is 4.63. The third-order valence-corrected chi connectivity index (χ3v) is 1.41. The highest BCUT2D eigenvalue weighted by atomic mass is 32.2. The van der Waals surface area contributed by atoms with Crippen LogP contribution < -0.4 is 5.73 Å². The Morgan fingerprint density at radius 1 is 2.00 bits per heavy atom. The first-order valence-electron chi connectivity index (χ1n) is 2.16. The summed E-state index contributed by atoms with van der Waals surface area (Å²) in [5, 5.41) is 8.10. The van der Waals surface area contributed by atoms with Crippen molar-refractivity contribution in [1.29, 1.82) is 0 Å². The van der Waals surface area contributed by atoms with Crippen molar-refractivity contribution in [3.05, 3.63) is 0 Å². The van der Waals surface area contributed by atoms with Crippen LogP contribution in [0.1, 0.15) is 0 Å². The Kier molecular flexibility index (Phi) is 3.85. The Bertz CT molecular complexity index is 86.1. The van der Waals surface area contributed by atoms with Gasteiger partial charge in [-0.05, 0) is 6.26 Å². The Hall–Kier alpha value is -0.0600. The van der Waals surface area contributed by atoms with Crippen LogP contribution in [0, 0.1) is 0 Å². The normalized spacial score (nSPS) is 13.4. The first kappa shape index (κ1) is 7.94. The SMILES string of the molecule is CSC(=O)[C@H](N)CO. The summed E-state index contributed by atoms with van der Waals surface area (Å²) in [5.74, 6) is 0. The van der Waals surface area contributed by atoms with Gasteiger partial charge in [-0.15, -0.1) is 0 Å². The second kappa shape index (κ2) is 3.88. The van der Waals surface area contributed by atoms with Gasteiger partial charge in [0.1, 0.15) is 0 Å². The van der Waals surface area contributed by atoms with Crippen molar-refractivity contribution in [1.82, 2.24) is 0 Å². The van der Waals surface area contributed by atoms with E-state index in [9.17, 15) is 4.79 Å². The summed E-state index contributed by atoms with van der Waals surface area (Å²) in [7, 11) is 0. The number of aliphatic hydroxyl groups excluding tert-OH is 1. The van der Waals surface area contributed by atoms with Gasteiger partial charge in [-0.25, -0.2) is 0 Å². The standard InChI is InChI=1S/C4H9NO2S/c1-8-4(7)3(5)2-6/h3,6H,2,5H2,1H3/t3-/m1/s1. The summed E-state index contributed by atoms with van der Waals surface area (Å²) in [6, 6.07) is -0.704. The molecule has 0 rings (SSSR count). The summed E-state index contributed by atoms with van der Waals surface area (Å²) in [4.78, 5) is 10.4. The summed E-state index contributed by atoms with van der Waals surface area (Å²) in [6.45, 7) is -0.264. The van der Waals surface area contributed by atoms with Crippen molar-refractivity contribution in [2.75, 3.05) is 12.9 Å². The molecule has 0 aromatic heterocycles. The van der Waals surface area contributed by atoms with Gasteiger partial charge in [0, 0.05) is 0 Å². The van der Waals surface area contributed by atoms with Crippen molar-refractivity contribution in [2.24, 2.45) is 5.73 Å². The minimum absolute atomic E-state index is 0.174. The van der Waals surface area contributed by atoms with E-state index < -0.39 is 6.04 Å². The molecule has 0 aliphatic carbocycles. The Labute approximate surface area is 52.3 Å². The maximum absolute atomic E-state index is 10.4. The number of thioether (sulfide) groups is 1. The number of nitrogens with two attached hydrogens (primary N) is 1. The molecule has 0 aromatic rings. The van der Waals surface area contributed by atoms with Crippen molar-refractivity contribution >= 4 is 16.9 Å². The van der Waals surface area contributed by atoms with Crippen molar-refractivity contribution in [3.8, 4) is 0 Å². The fraction of sp³-hybridized carbons (Fsp3) is 0.750. The molecule has 0 aromatic carbocycles. The molecule has 0 spiro atoms. The van der Waals surface area contributed by atoms with Crippen LogP contribution in [0.3, 0.4) is 0 Å². The Balaban J connectivity index is 3.46. The highest BCUT2D eigenvalue weighted by Gasteiger charge is 2.08. The molecule has 4 heteroatoms. The molecule has 0 heterocycles. The quantitative estimate of drug-likeness (QED) is 0.520. The van der Waals surface area contributed by atoms with Crippen LogP contribution in [0.4, 0.5) is 0 Å². The lowest BCUT2D eigenvalue weighted by molar-refractivity contribution is -0.112. The van der Waals surface area contributed by atoms with Gasteiger partial charge in [0.25, 0.3) is 0 Å². The molecule has 0 bridgehead atoms. The lowest BCUT2D eigenvalue weighted by Gasteiger charge is -2.01. The third kappa shape index (κ3) is 2.30. The molecule has 0 saturated heterocycles. The van der Waals surface area contributed by atoms with Gasteiger partial charge >= 0.3 is 0 Å². The van der Waals surface area contributed by atoms with Gasteiger partial charge in [0.05, 0.1) is 12.6 Å². The Morgan fingerprint density at radius 2 is 2.50 bits per heavy atom. The van der Waals surface area contributed by atoms with E-state index in [1.165, 1.54) is 0 Å². The maximum atomic E-state index is 10.4. The van der Waals surface area contributed by atoms with E-state index in [2.05, 4.69) is 0 Å². The molecule has 3 nitrogen and oxygen atoms in total. The maximum Gasteiger partial charge on any atom is 0.207 e. The molecule has 0 unspecified atom stereocenters. The summed E-state index contributed by atoms with van der Waals surface area (Å²) in [5.41, 5.74) is 5.11. The van der Waals surface area contributed by atoms with Crippen LogP contribution in [0.5, 0.6) is 0 Å². The smallest absolute Gasteiger partial charge is 0.207 e. The van der Waals surface area contributed by atoms with Crippen molar-refractivity contribution < 1.29 is 9.90 Å². The predicted molar refractivity (Wildman–Crippen MR) is 33.6 cm³/mol. The number of aliphatic hydroxyl groups is 1. The molecule has 48 valence electrons. The summed E-state index contributed by atoms with van der Waals surface area (Å²) >= 11 is 1.03. The minimum Gasteiger partial charge on any atom is -0.394 e. The van der Waals surface area contributed by atoms with E-state index in [-0.39, 0.29) is 11.7 Å². The van der Waals surface area contributed by atoms with E-state index in [0.29, 0.717) is 0 Å². The van der Waals surface area contributed by atoms with Crippen LogP contribution in [-0.4, -0.2) is 29.1 Å². The Morgan fingerprint density at radius 3 is 2.62 bits per heavy atom. The van der Waals surface area contributed by atoms with E-state index in [1.54, 1.807) is 6.26 Å². The second-order valence-electron chi connectivity index (χ2n) is 1.31. The van der Waals surface area contributed by atoms with Gasteiger partial charge in [-0.1, -0.05) is 11.8 Å². The molecular weight excluding hydrogens is 126 g/mol. The van der Waals surface area contributed by atoms with E-state index in [4.69, 9.17) is 10.8 Å². The molecule has 8 heavy (non-hydrogen) atoms. The van der Waals surface area contributed by atoms with Crippen LogP contribution in [0.25, 0.3) is 0 Å². The zero-order valence-corrected chi connectivity index (χ0v) is 5.44. The molecule has 0 amide bonds. The fourth-order valence-corrected chi connectivity index (χ4v) is 0.603. The molecule has 3 N–H and O–H groups in total. The van der Waals surface area contributed by atoms with E-state index in [0.717, 1.165) is 11.8 Å². The van der Waals surface area contributed by atoms with Crippen molar-refractivity contribution in [2.45, 2.75) is 6.04 Å². The number of hydrogen-bond acceptors (Lipinski definition) is 4. The van der Waals surface area contributed by atoms with Crippen LogP contribution in [-0.2, 0) is 4.79 Å². The highest BCUT2D eigenvalue weighted by Crippen LogP contribution is 1.96. The van der Waals surface area contributed by atoms with Crippen molar-refractivity contribution in [3.63, 3.8) is 0 Å².